The zero-order valence-corrected chi connectivity index (χ0v) is 10.3. The van der Waals surface area contributed by atoms with Crippen molar-refractivity contribution in [2.75, 3.05) is 0 Å². The van der Waals surface area contributed by atoms with E-state index in [1.807, 2.05) is 0 Å². The van der Waals surface area contributed by atoms with Gasteiger partial charge in [0.05, 0.1) is 16.8 Å². The number of nitro groups is 1. The van der Waals surface area contributed by atoms with Crippen LogP contribution in [-0.2, 0) is 6.54 Å². The fourth-order valence-corrected chi connectivity index (χ4v) is 1.99. The van der Waals surface area contributed by atoms with Crippen molar-refractivity contribution in [1.29, 1.82) is 0 Å². The number of H-pyrrole nitrogens is 1. The monoisotopic (exact) mass is 258 g/mol. The molecule has 0 amide bonds. The van der Waals surface area contributed by atoms with Crippen molar-refractivity contribution in [2.24, 2.45) is 0 Å². The molecule has 0 bridgehead atoms. The SMILES string of the molecule is O=[N+]([O-])c1ccc(-c2[nH]ncc2CNC2CC2)cc1. The summed E-state index contributed by atoms with van der Waals surface area (Å²) < 4.78 is 0. The van der Waals surface area contributed by atoms with E-state index in [-0.39, 0.29) is 5.69 Å². The number of aromatic amines is 1. The topological polar surface area (TPSA) is 83.8 Å². The molecule has 0 aliphatic heterocycles. The van der Waals surface area contributed by atoms with Gasteiger partial charge in [0.1, 0.15) is 0 Å². The minimum atomic E-state index is -0.397. The Morgan fingerprint density at radius 1 is 1.37 bits per heavy atom. The molecular formula is C13H14N4O2. The highest BCUT2D eigenvalue weighted by molar-refractivity contribution is 5.64. The smallest absolute Gasteiger partial charge is 0.269 e. The van der Waals surface area contributed by atoms with Crippen molar-refractivity contribution in [2.45, 2.75) is 25.4 Å². The van der Waals surface area contributed by atoms with Crippen LogP contribution in [0.15, 0.2) is 30.5 Å². The van der Waals surface area contributed by atoms with E-state index in [9.17, 15) is 10.1 Å². The maximum absolute atomic E-state index is 10.6. The molecule has 1 fully saturated rings. The molecule has 1 heterocycles. The van der Waals surface area contributed by atoms with Gasteiger partial charge in [0.25, 0.3) is 5.69 Å². The number of nitrogens with one attached hydrogen (secondary N) is 2. The number of benzene rings is 1. The molecule has 98 valence electrons. The van der Waals surface area contributed by atoms with Gasteiger partial charge >= 0.3 is 0 Å². The first-order valence-corrected chi connectivity index (χ1v) is 6.24. The van der Waals surface area contributed by atoms with Gasteiger partial charge in [-0.05, 0) is 25.0 Å². The zero-order chi connectivity index (χ0) is 13.2. The Morgan fingerprint density at radius 3 is 2.74 bits per heavy atom. The summed E-state index contributed by atoms with van der Waals surface area (Å²) in [5.74, 6) is 0. The van der Waals surface area contributed by atoms with Gasteiger partial charge in [-0.3, -0.25) is 15.2 Å². The van der Waals surface area contributed by atoms with E-state index in [4.69, 9.17) is 0 Å². The summed E-state index contributed by atoms with van der Waals surface area (Å²) in [5.41, 5.74) is 3.01. The summed E-state index contributed by atoms with van der Waals surface area (Å²) >= 11 is 0. The lowest BCUT2D eigenvalue weighted by atomic mass is 10.1. The second-order valence-electron chi connectivity index (χ2n) is 4.73. The molecule has 0 atom stereocenters. The summed E-state index contributed by atoms with van der Waals surface area (Å²) in [6, 6.07) is 7.14. The van der Waals surface area contributed by atoms with Crippen molar-refractivity contribution in [3.63, 3.8) is 0 Å². The molecule has 2 N–H and O–H groups in total. The predicted molar refractivity (Wildman–Crippen MR) is 70.5 cm³/mol. The minimum Gasteiger partial charge on any atom is -0.310 e. The molecule has 0 unspecified atom stereocenters. The van der Waals surface area contributed by atoms with Crippen LogP contribution in [0.5, 0.6) is 0 Å². The van der Waals surface area contributed by atoms with Gasteiger partial charge < -0.3 is 5.32 Å². The Bertz CT molecular complexity index is 587. The average Bonchev–Trinajstić information content (AvgIpc) is 3.13. The molecule has 1 aliphatic carbocycles. The molecule has 3 rings (SSSR count). The maximum atomic E-state index is 10.6. The van der Waals surface area contributed by atoms with Crippen molar-refractivity contribution in [3.05, 3.63) is 46.1 Å². The average molecular weight is 258 g/mol. The van der Waals surface area contributed by atoms with Crippen LogP contribution < -0.4 is 5.32 Å². The molecule has 6 nitrogen and oxygen atoms in total. The van der Waals surface area contributed by atoms with Crippen LogP contribution in [0.2, 0.25) is 0 Å². The third-order valence-corrected chi connectivity index (χ3v) is 3.24. The highest BCUT2D eigenvalue weighted by Crippen LogP contribution is 2.25. The second kappa shape index (κ2) is 4.81. The summed E-state index contributed by atoms with van der Waals surface area (Å²) in [5, 5.41) is 21.1. The van der Waals surface area contributed by atoms with Crippen LogP contribution in [0, 0.1) is 10.1 Å². The second-order valence-corrected chi connectivity index (χ2v) is 4.73. The van der Waals surface area contributed by atoms with E-state index in [0.29, 0.717) is 6.04 Å². The van der Waals surface area contributed by atoms with Crippen LogP contribution in [0.4, 0.5) is 5.69 Å². The number of hydrogen-bond donors (Lipinski definition) is 2. The molecule has 6 heteroatoms. The van der Waals surface area contributed by atoms with Crippen LogP contribution in [0.25, 0.3) is 11.3 Å². The van der Waals surface area contributed by atoms with Gasteiger partial charge in [-0.2, -0.15) is 5.10 Å². The van der Waals surface area contributed by atoms with Crippen LogP contribution in [0.3, 0.4) is 0 Å². The van der Waals surface area contributed by atoms with E-state index in [1.165, 1.54) is 25.0 Å². The van der Waals surface area contributed by atoms with E-state index in [1.54, 1.807) is 18.3 Å². The fourth-order valence-electron chi connectivity index (χ4n) is 1.99. The number of nitrogens with zero attached hydrogens (tertiary/aromatic N) is 2. The number of nitro benzene ring substituents is 1. The first-order chi connectivity index (χ1) is 9.24. The quantitative estimate of drug-likeness (QED) is 0.636. The number of non-ortho nitro benzene ring substituents is 1. The lowest BCUT2D eigenvalue weighted by Crippen LogP contribution is -2.15. The third-order valence-electron chi connectivity index (χ3n) is 3.24. The molecule has 1 aromatic heterocycles. The normalized spacial score (nSPS) is 14.5. The molecule has 0 spiro atoms. The fraction of sp³-hybridized carbons (Fsp3) is 0.308. The Balaban J connectivity index is 1.80. The highest BCUT2D eigenvalue weighted by Gasteiger charge is 2.21. The molecular weight excluding hydrogens is 244 g/mol. The zero-order valence-electron chi connectivity index (χ0n) is 10.3. The summed E-state index contributed by atoms with van der Waals surface area (Å²) in [4.78, 5) is 10.2. The van der Waals surface area contributed by atoms with Crippen molar-refractivity contribution < 1.29 is 4.92 Å². The van der Waals surface area contributed by atoms with Crippen molar-refractivity contribution in [1.82, 2.24) is 15.5 Å². The first kappa shape index (κ1) is 11.9. The van der Waals surface area contributed by atoms with E-state index < -0.39 is 4.92 Å². The molecule has 1 aromatic carbocycles. The number of hydrogen-bond acceptors (Lipinski definition) is 4. The van der Waals surface area contributed by atoms with E-state index in [2.05, 4.69) is 15.5 Å². The largest absolute Gasteiger partial charge is 0.310 e. The van der Waals surface area contributed by atoms with E-state index in [0.717, 1.165) is 23.4 Å². The van der Waals surface area contributed by atoms with Gasteiger partial charge in [-0.1, -0.05) is 0 Å². The summed E-state index contributed by atoms with van der Waals surface area (Å²) in [6.45, 7) is 0.771. The van der Waals surface area contributed by atoms with E-state index >= 15 is 0 Å². The molecule has 1 saturated carbocycles. The van der Waals surface area contributed by atoms with Crippen molar-refractivity contribution >= 4 is 5.69 Å². The Labute approximate surface area is 110 Å². The maximum Gasteiger partial charge on any atom is 0.269 e. The lowest BCUT2D eigenvalue weighted by Gasteiger charge is -2.04. The Morgan fingerprint density at radius 2 is 2.11 bits per heavy atom. The Kier molecular flexibility index (Phi) is 3.00. The molecule has 0 saturated heterocycles. The first-order valence-electron chi connectivity index (χ1n) is 6.24. The van der Waals surface area contributed by atoms with Crippen LogP contribution in [-0.4, -0.2) is 21.2 Å². The summed E-state index contributed by atoms with van der Waals surface area (Å²) in [6.07, 6.45) is 4.28. The van der Waals surface area contributed by atoms with Gasteiger partial charge in [0.15, 0.2) is 0 Å². The standard InChI is InChI=1S/C13H14N4O2/c18-17(19)12-5-1-9(2-6-12)13-10(8-15-16-13)7-14-11-3-4-11/h1-2,5-6,8,11,14H,3-4,7H2,(H,15,16). The molecule has 19 heavy (non-hydrogen) atoms. The number of aromatic nitrogens is 2. The van der Waals surface area contributed by atoms with Crippen molar-refractivity contribution in [3.8, 4) is 11.3 Å². The minimum absolute atomic E-state index is 0.0981. The number of rotatable bonds is 5. The summed E-state index contributed by atoms with van der Waals surface area (Å²) in [7, 11) is 0. The molecule has 0 radical (unpaired) electrons. The molecule has 1 aliphatic rings. The predicted octanol–water partition coefficient (Wildman–Crippen LogP) is 2.24. The van der Waals surface area contributed by atoms with Gasteiger partial charge in [-0.25, -0.2) is 0 Å². The lowest BCUT2D eigenvalue weighted by molar-refractivity contribution is -0.384. The highest BCUT2D eigenvalue weighted by atomic mass is 16.6. The molecule has 2 aromatic rings. The van der Waals surface area contributed by atoms with Gasteiger partial charge in [0, 0.05) is 35.8 Å². The Hall–Kier alpha value is -2.21. The third kappa shape index (κ3) is 2.63. The van der Waals surface area contributed by atoms with Crippen LogP contribution in [0.1, 0.15) is 18.4 Å². The van der Waals surface area contributed by atoms with Gasteiger partial charge in [0.2, 0.25) is 0 Å². The van der Waals surface area contributed by atoms with Crippen LogP contribution >= 0.6 is 0 Å². The van der Waals surface area contributed by atoms with Gasteiger partial charge in [-0.15, -0.1) is 0 Å².